The molecule has 4 rings (SSSR count). The van der Waals surface area contributed by atoms with Crippen molar-refractivity contribution in [2.24, 2.45) is 17.8 Å². The van der Waals surface area contributed by atoms with Gasteiger partial charge >= 0.3 is 5.97 Å². The molecular weight excluding hydrogens is 382 g/mol. The Morgan fingerprint density at radius 3 is 2.47 bits per heavy atom. The van der Waals surface area contributed by atoms with Gasteiger partial charge in [0.15, 0.2) is 12.4 Å². The van der Waals surface area contributed by atoms with Crippen LogP contribution in [0.2, 0.25) is 0 Å². The number of Topliss-reactive ketones (excluding diaryl/α,β-unsaturated/α-hetero) is 1. The molecule has 1 aliphatic carbocycles. The molecular formula is C24H21NO5. The van der Waals surface area contributed by atoms with E-state index in [0.717, 1.165) is 0 Å². The van der Waals surface area contributed by atoms with Gasteiger partial charge in [-0.15, -0.1) is 0 Å². The molecule has 3 atom stereocenters. The lowest BCUT2D eigenvalue weighted by molar-refractivity contribution is -0.122. The number of fused-ring (bicyclic) bond motifs is 1. The van der Waals surface area contributed by atoms with E-state index < -0.39 is 5.97 Å². The van der Waals surface area contributed by atoms with Crippen LogP contribution in [0.3, 0.4) is 0 Å². The molecule has 6 heteroatoms. The molecule has 2 aliphatic rings. The number of hydrogen-bond acceptors (Lipinski definition) is 5. The first-order valence-electron chi connectivity index (χ1n) is 9.87. The fourth-order valence-corrected chi connectivity index (χ4v) is 4.10. The fourth-order valence-electron chi connectivity index (χ4n) is 4.10. The monoisotopic (exact) mass is 403 g/mol. The fraction of sp³-hybridized carbons (Fsp3) is 0.250. The van der Waals surface area contributed by atoms with Crippen LogP contribution in [0.1, 0.15) is 34.1 Å². The van der Waals surface area contributed by atoms with E-state index in [0.29, 0.717) is 17.7 Å². The molecule has 2 aromatic rings. The topological polar surface area (TPSA) is 80.8 Å². The number of imide groups is 1. The molecule has 0 bridgehead atoms. The number of carbonyl (C=O) groups is 4. The smallest absolute Gasteiger partial charge is 0.338 e. The minimum absolute atomic E-state index is 0.0117. The van der Waals surface area contributed by atoms with Crippen molar-refractivity contribution >= 4 is 29.3 Å². The third-order valence-corrected chi connectivity index (χ3v) is 5.64. The van der Waals surface area contributed by atoms with Gasteiger partial charge in [0.1, 0.15) is 0 Å². The molecule has 1 fully saturated rings. The molecule has 0 radical (unpaired) electrons. The van der Waals surface area contributed by atoms with Gasteiger partial charge in [0.05, 0.1) is 23.1 Å². The normalized spacial score (nSPS) is 22.7. The molecule has 1 heterocycles. The van der Waals surface area contributed by atoms with E-state index >= 15 is 0 Å². The lowest BCUT2D eigenvalue weighted by Crippen LogP contribution is -2.31. The maximum Gasteiger partial charge on any atom is 0.338 e. The number of ether oxygens (including phenoxy) is 1. The zero-order valence-electron chi connectivity index (χ0n) is 16.5. The first-order valence-corrected chi connectivity index (χ1v) is 9.87. The standard InChI is InChI=1S/C24H21NO5/c1-15-7-5-12-19-21(15)23(28)25(22(19)27)18-11-6-10-17(13-18)24(29)30-14-20(26)16-8-3-2-4-9-16/h2-11,13,15,19,21H,12,14H2,1H3/t15-,19-,21-/m1/s1. The molecule has 0 N–H and O–H groups in total. The first-order chi connectivity index (χ1) is 14.5. The molecule has 30 heavy (non-hydrogen) atoms. The lowest BCUT2D eigenvalue weighted by Gasteiger charge is -2.22. The number of nitrogens with zero attached hydrogens (tertiary/aromatic N) is 1. The first kappa shape index (κ1) is 19.8. The van der Waals surface area contributed by atoms with Crippen molar-refractivity contribution in [1.82, 2.24) is 0 Å². The van der Waals surface area contributed by atoms with E-state index in [1.54, 1.807) is 42.5 Å². The van der Waals surface area contributed by atoms with Crippen LogP contribution in [0, 0.1) is 17.8 Å². The Morgan fingerprint density at radius 2 is 1.73 bits per heavy atom. The summed E-state index contributed by atoms with van der Waals surface area (Å²) >= 11 is 0. The molecule has 152 valence electrons. The third kappa shape index (κ3) is 3.56. The second-order valence-electron chi connectivity index (χ2n) is 7.58. The summed E-state index contributed by atoms with van der Waals surface area (Å²) in [6.07, 6.45) is 4.45. The van der Waals surface area contributed by atoms with Crippen molar-refractivity contribution in [3.05, 3.63) is 77.9 Å². The van der Waals surface area contributed by atoms with E-state index in [-0.39, 0.29) is 47.5 Å². The molecule has 0 aromatic heterocycles. The number of carbonyl (C=O) groups excluding carboxylic acids is 4. The van der Waals surface area contributed by atoms with E-state index in [4.69, 9.17) is 4.74 Å². The number of rotatable bonds is 5. The second-order valence-corrected chi connectivity index (χ2v) is 7.58. The van der Waals surface area contributed by atoms with Crippen molar-refractivity contribution in [3.63, 3.8) is 0 Å². The summed E-state index contributed by atoms with van der Waals surface area (Å²) in [5.74, 6) is -2.23. The van der Waals surface area contributed by atoms with Crippen LogP contribution in [0.4, 0.5) is 5.69 Å². The highest BCUT2D eigenvalue weighted by molar-refractivity contribution is 6.22. The van der Waals surface area contributed by atoms with Gasteiger partial charge in [0.2, 0.25) is 11.8 Å². The van der Waals surface area contributed by atoms with Crippen molar-refractivity contribution in [2.45, 2.75) is 13.3 Å². The van der Waals surface area contributed by atoms with Crippen molar-refractivity contribution in [2.75, 3.05) is 11.5 Å². The maximum absolute atomic E-state index is 12.9. The summed E-state index contributed by atoms with van der Waals surface area (Å²) < 4.78 is 5.14. The lowest BCUT2D eigenvalue weighted by atomic mass is 9.78. The summed E-state index contributed by atoms with van der Waals surface area (Å²) in [5.41, 5.74) is 0.975. The van der Waals surface area contributed by atoms with E-state index in [1.165, 1.54) is 17.0 Å². The Labute approximate surface area is 174 Å². The number of anilines is 1. The largest absolute Gasteiger partial charge is 0.454 e. The number of esters is 1. The van der Waals surface area contributed by atoms with E-state index in [1.807, 2.05) is 19.1 Å². The summed E-state index contributed by atoms with van der Waals surface area (Å²) in [5, 5.41) is 0. The minimum atomic E-state index is -0.687. The Hall–Kier alpha value is -3.54. The second kappa shape index (κ2) is 8.06. The highest BCUT2D eigenvalue weighted by Crippen LogP contribution is 2.40. The molecule has 0 spiro atoms. The summed E-state index contributed by atoms with van der Waals surface area (Å²) in [6, 6.07) is 14.8. The quantitative estimate of drug-likeness (QED) is 0.331. The molecule has 1 aliphatic heterocycles. The van der Waals surface area contributed by atoms with Gasteiger partial charge in [-0.2, -0.15) is 0 Å². The van der Waals surface area contributed by atoms with Gasteiger partial charge in [-0.1, -0.05) is 55.5 Å². The molecule has 0 unspecified atom stereocenters. The zero-order chi connectivity index (χ0) is 21.3. The number of benzene rings is 2. The Morgan fingerprint density at radius 1 is 1.00 bits per heavy atom. The molecule has 2 amide bonds. The Bertz CT molecular complexity index is 1040. The minimum Gasteiger partial charge on any atom is -0.454 e. The predicted octanol–water partition coefficient (Wildman–Crippen LogP) is 3.43. The van der Waals surface area contributed by atoms with Crippen molar-refractivity contribution < 1.29 is 23.9 Å². The number of allylic oxidation sites excluding steroid dienone is 2. The average molecular weight is 403 g/mol. The van der Waals surface area contributed by atoms with E-state index in [9.17, 15) is 19.2 Å². The van der Waals surface area contributed by atoms with Gasteiger partial charge in [0.25, 0.3) is 0 Å². The molecule has 0 saturated carbocycles. The van der Waals surface area contributed by atoms with Crippen LogP contribution in [0.25, 0.3) is 0 Å². The van der Waals surface area contributed by atoms with Crippen LogP contribution in [0.5, 0.6) is 0 Å². The highest BCUT2D eigenvalue weighted by Gasteiger charge is 2.50. The van der Waals surface area contributed by atoms with Crippen LogP contribution in [-0.4, -0.2) is 30.2 Å². The van der Waals surface area contributed by atoms with Gasteiger partial charge in [-0.05, 0) is 30.5 Å². The summed E-state index contributed by atoms with van der Waals surface area (Å²) in [6.45, 7) is 1.54. The molecule has 1 saturated heterocycles. The predicted molar refractivity (Wildman–Crippen MR) is 110 cm³/mol. The van der Waals surface area contributed by atoms with Crippen LogP contribution >= 0.6 is 0 Å². The number of hydrogen-bond donors (Lipinski definition) is 0. The maximum atomic E-state index is 12.9. The Balaban J connectivity index is 1.49. The van der Waals surface area contributed by atoms with E-state index in [2.05, 4.69) is 0 Å². The SMILES string of the molecule is C[C@@H]1C=CC[C@H]2C(=O)N(c3cccc(C(=O)OCC(=O)c4ccccc4)c3)C(=O)[C@H]12. The average Bonchev–Trinajstić information content (AvgIpc) is 3.03. The van der Waals surface area contributed by atoms with Crippen molar-refractivity contribution in [3.8, 4) is 0 Å². The van der Waals surface area contributed by atoms with Crippen molar-refractivity contribution in [1.29, 1.82) is 0 Å². The van der Waals surface area contributed by atoms with Gasteiger partial charge in [0, 0.05) is 5.56 Å². The molecule has 6 nitrogen and oxygen atoms in total. The van der Waals surface area contributed by atoms with Crippen LogP contribution < -0.4 is 4.90 Å². The summed E-state index contributed by atoms with van der Waals surface area (Å²) in [4.78, 5) is 51.5. The number of amides is 2. The van der Waals surface area contributed by atoms with Gasteiger partial charge in [-0.25, -0.2) is 4.79 Å². The zero-order valence-corrected chi connectivity index (χ0v) is 16.5. The van der Waals surface area contributed by atoms with Gasteiger partial charge < -0.3 is 4.74 Å². The number of ketones is 1. The van der Waals surface area contributed by atoms with Crippen LogP contribution in [-0.2, 0) is 14.3 Å². The van der Waals surface area contributed by atoms with Crippen LogP contribution in [0.15, 0.2) is 66.7 Å². The highest BCUT2D eigenvalue weighted by atomic mass is 16.5. The molecule has 2 aromatic carbocycles. The summed E-state index contributed by atoms with van der Waals surface area (Å²) in [7, 11) is 0. The van der Waals surface area contributed by atoms with Gasteiger partial charge in [-0.3, -0.25) is 19.3 Å². The Kier molecular flexibility index (Phi) is 5.31. The third-order valence-electron chi connectivity index (χ3n) is 5.64.